The summed E-state index contributed by atoms with van der Waals surface area (Å²) in [7, 11) is -12.1. The van der Waals surface area contributed by atoms with Gasteiger partial charge in [0.05, 0.1) is 5.69 Å². The zero-order valence-corrected chi connectivity index (χ0v) is 31.6. The summed E-state index contributed by atoms with van der Waals surface area (Å²) < 4.78 is 24.7. The van der Waals surface area contributed by atoms with Crippen LogP contribution in [0.15, 0.2) is 53.4 Å². The van der Waals surface area contributed by atoms with E-state index in [9.17, 15) is 33.8 Å². The zero-order chi connectivity index (χ0) is 23.1. The van der Waals surface area contributed by atoms with Crippen LogP contribution in [-0.4, -0.2) is 20.5 Å². The van der Waals surface area contributed by atoms with Crippen LogP contribution in [0.5, 0.6) is 0 Å². The molecule has 1 N–H and O–H groups in total. The molecule has 2 heterocycles. The van der Waals surface area contributed by atoms with Crippen molar-refractivity contribution in [1.29, 1.82) is 0 Å². The van der Waals surface area contributed by atoms with E-state index in [1.165, 1.54) is 5.56 Å². The first kappa shape index (κ1) is 38.6. The maximum Gasteiger partial charge on any atom is 1.00 e. The van der Waals surface area contributed by atoms with Crippen molar-refractivity contribution in [3.05, 3.63) is 54.1 Å². The number of aromatic nitrogens is 1. The van der Waals surface area contributed by atoms with Gasteiger partial charge in [-0.1, -0.05) is 36.4 Å². The summed E-state index contributed by atoms with van der Waals surface area (Å²) in [4.78, 5) is 46.4. The van der Waals surface area contributed by atoms with Crippen molar-refractivity contribution < 1.29 is 152 Å². The third kappa shape index (κ3) is 7.90. The van der Waals surface area contributed by atoms with Gasteiger partial charge in [0.2, 0.25) is 0 Å². The molecule has 0 fully saturated rings. The maximum atomic E-state index is 11.3. The van der Waals surface area contributed by atoms with Crippen LogP contribution in [0, 0.1) is 0 Å². The Bertz CT molecular complexity index is 1240. The van der Waals surface area contributed by atoms with E-state index in [0.717, 1.165) is 39.2 Å². The minimum absolute atomic E-state index is 0. The fraction of sp³-hybridized carbons (Fsp3) is 0.333. The van der Waals surface area contributed by atoms with Crippen LogP contribution in [-0.2, 0) is 22.1 Å². The standard InChI is InChI=1S/C21H25NO7P2S.4Na/c23-21(30(24,25)26,31(27,28)29)12-5-6-13-22-18-9-3-1-7-15(18)16-11-14-32-19-10-4-2-8-17(19)20(16)22;;;;/h1-4,7-10,23H,5-6,11-14H2,(H2,24,25,26)(H2,27,28,29);;;;/q;4*+1/p-4. The van der Waals surface area contributed by atoms with E-state index in [-0.39, 0.29) is 131 Å². The van der Waals surface area contributed by atoms with Crippen LogP contribution in [0.2, 0.25) is 0 Å². The van der Waals surface area contributed by atoms with Gasteiger partial charge in [-0.3, -0.25) is 0 Å². The van der Waals surface area contributed by atoms with Gasteiger partial charge in [0.15, 0.2) is 0 Å². The fourth-order valence-electron chi connectivity index (χ4n) is 4.28. The maximum absolute atomic E-state index is 11.3. The van der Waals surface area contributed by atoms with Crippen LogP contribution in [0.3, 0.4) is 0 Å². The average molecular weight is 585 g/mol. The number of nitrogens with zero attached hydrogens (tertiary/aromatic N) is 1. The van der Waals surface area contributed by atoms with E-state index >= 15 is 0 Å². The summed E-state index contributed by atoms with van der Waals surface area (Å²) in [5, 5.41) is 7.19. The molecule has 15 heteroatoms. The number of benzene rings is 2. The molecule has 0 radical (unpaired) electrons. The average Bonchev–Trinajstić information content (AvgIpc) is 2.90. The third-order valence-electron chi connectivity index (χ3n) is 5.85. The first-order chi connectivity index (χ1) is 15.0. The van der Waals surface area contributed by atoms with Crippen molar-refractivity contribution in [2.24, 2.45) is 0 Å². The second kappa shape index (κ2) is 15.7. The van der Waals surface area contributed by atoms with Gasteiger partial charge in [0.1, 0.15) is 5.08 Å². The van der Waals surface area contributed by atoms with Gasteiger partial charge in [0, 0.05) is 33.7 Å². The van der Waals surface area contributed by atoms with Gasteiger partial charge in [-0.15, -0.1) is 11.8 Å². The van der Waals surface area contributed by atoms with Crippen molar-refractivity contribution in [2.45, 2.75) is 42.2 Å². The topological polar surface area (TPSA) is 152 Å². The number of fused-ring (bicyclic) bond motifs is 5. The second-order valence-corrected chi connectivity index (χ2v) is 12.8. The van der Waals surface area contributed by atoms with Gasteiger partial charge in [-0.05, 0) is 58.6 Å². The molecule has 4 rings (SSSR count). The van der Waals surface area contributed by atoms with E-state index < -0.39 is 26.7 Å². The Hall–Kier alpha value is 2.59. The fourth-order valence-corrected chi connectivity index (χ4v) is 7.36. The van der Waals surface area contributed by atoms with Crippen molar-refractivity contribution in [3.63, 3.8) is 0 Å². The number of rotatable bonds is 7. The molecule has 3 aromatic rings. The normalized spacial score (nSPS) is 13.1. The molecule has 0 spiro atoms. The van der Waals surface area contributed by atoms with E-state index in [0.29, 0.717) is 6.54 Å². The molecule has 36 heavy (non-hydrogen) atoms. The Kier molecular flexibility index (Phi) is 16.8. The summed E-state index contributed by atoms with van der Waals surface area (Å²) in [5.74, 6) is 0.926. The molecule has 1 aliphatic heterocycles. The minimum Gasteiger partial charge on any atom is -0.808 e. The summed E-state index contributed by atoms with van der Waals surface area (Å²) >= 11 is 1.78. The Balaban J connectivity index is 0.00000306. The van der Waals surface area contributed by atoms with E-state index in [2.05, 4.69) is 22.8 Å². The Labute approximate surface area is 303 Å². The summed E-state index contributed by atoms with van der Waals surface area (Å²) in [6.07, 6.45) is 0.0578. The van der Waals surface area contributed by atoms with Crippen molar-refractivity contribution in [1.82, 2.24) is 4.57 Å². The largest absolute Gasteiger partial charge is 1.00 e. The van der Waals surface area contributed by atoms with Crippen molar-refractivity contribution in [3.8, 4) is 11.3 Å². The first-order valence-electron chi connectivity index (χ1n) is 10.1. The number of unbranched alkanes of at least 4 members (excludes halogenated alkanes) is 1. The molecule has 1 aliphatic rings. The molecule has 0 atom stereocenters. The second-order valence-electron chi connectivity index (χ2n) is 7.82. The molecule has 172 valence electrons. The van der Waals surface area contributed by atoms with Gasteiger partial charge < -0.3 is 38.4 Å². The van der Waals surface area contributed by atoms with Gasteiger partial charge in [0.25, 0.3) is 0 Å². The summed E-state index contributed by atoms with van der Waals surface area (Å²) in [6.45, 7) is 0.398. The molecule has 0 amide bonds. The monoisotopic (exact) mass is 585 g/mol. The van der Waals surface area contributed by atoms with Crippen LogP contribution in [0.4, 0.5) is 0 Å². The van der Waals surface area contributed by atoms with Gasteiger partial charge in [-0.2, -0.15) is 0 Å². The number of thioether (sulfide) groups is 1. The molecular weight excluding hydrogens is 564 g/mol. The van der Waals surface area contributed by atoms with Gasteiger partial charge >= 0.3 is 118 Å². The first-order valence-corrected chi connectivity index (χ1v) is 14.2. The number of aliphatic hydroxyl groups is 1. The van der Waals surface area contributed by atoms with Crippen molar-refractivity contribution in [2.75, 3.05) is 5.75 Å². The molecule has 0 bridgehead atoms. The van der Waals surface area contributed by atoms with Crippen LogP contribution in [0.1, 0.15) is 24.8 Å². The van der Waals surface area contributed by atoms with Gasteiger partial charge in [-0.25, -0.2) is 0 Å². The summed E-state index contributed by atoms with van der Waals surface area (Å²) in [5.41, 5.74) is 4.34. The van der Waals surface area contributed by atoms with Crippen molar-refractivity contribution >= 4 is 37.9 Å². The number of para-hydroxylation sites is 1. The molecule has 8 nitrogen and oxygen atoms in total. The molecule has 2 aromatic carbocycles. The SMILES string of the molecule is O=P([O-])([O-])C(O)(CCCCn1c2c(c3ccccc31)CCSc1ccccc1-2)P(=O)([O-])[O-].[Na+].[Na+].[Na+].[Na+]. The quantitative estimate of drug-likeness (QED) is 0.163. The number of hydrogen-bond acceptors (Lipinski definition) is 8. The molecule has 0 unspecified atom stereocenters. The summed E-state index contributed by atoms with van der Waals surface area (Å²) in [6, 6.07) is 16.0. The van der Waals surface area contributed by atoms with Crippen LogP contribution < -0.4 is 138 Å². The van der Waals surface area contributed by atoms with E-state index in [1.807, 2.05) is 30.3 Å². The Morgan fingerprint density at radius 3 is 2.11 bits per heavy atom. The zero-order valence-electron chi connectivity index (χ0n) is 21.0. The molecule has 0 aliphatic carbocycles. The number of aryl methyl sites for hydroxylation is 2. The predicted octanol–water partition coefficient (Wildman–Crippen LogP) is -10.4. The van der Waals surface area contributed by atoms with Crippen LogP contribution in [0.25, 0.3) is 22.2 Å². The van der Waals surface area contributed by atoms with Crippen LogP contribution >= 0.6 is 27.0 Å². The predicted molar refractivity (Wildman–Crippen MR) is 116 cm³/mol. The number of hydrogen-bond donors (Lipinski definition) is 1. The Morgan fingerprint density at radius 1 is 0.889 bits per heavy atom. The third-order valence-corrected chi connectivity index (χ3v) is 10.6. The molecule has 0 saturated heterocycles. The molecular formula is C21H21NNa4O7P2S. The minimum atomic E-state index is -6.06. The molecule has 0 saturated carbocycles. The van der Waals surface area contributed by atoms with E-state index in [1.54, 1.807) is 11.8 Å². The smallest absolute Gasteiger partial charge is 0.808 e. The molecule has 1 aromatic heterocycles. The Morgan fingerprint density at radius 2 is 1.47 bits per heavy atom. The van der Waals surface area contributed by atoms with E-state index in [4.69, 9.17) is 0 Å².